The van der Waals surface area contributed by atoms with Crippen LogP contribution in [0.3, 0.4) is 0 Å². The lowest BCUT2D eigenvalue weighted by atomic mass is 10.2. The maximum absolute atomic E-state index is 14.4. The highest BCUT2D eigenvalue weighted by molar-refractivity contribution is 8.01. The van der Waals surface area contributed by atoms with Crippen LogP contribution in [0, 0.1) is 9.77 Å². The number of hydrogen-bond acceptors (Lipinski definition) is 10. The van der Waals surface area contributed by atoms with Crippen LogP contribution in [0.2, 0.25) is 10.0 Å². The number of hydrogen-bond donors (Lipinski definition) is 2. The van der Waals surface area contributed by atoms with Crippen molar-refractivity contribution in [2.75, 3.05) is 23.5 Å². The Kier molecular flexibility index (Phi) is 8.36. The zero-order chi connectivity index (χ0) is 25.8. The molecule has 0 aliphatic heterocycles. The molecule has 15 heteroatoms. The first-order valence-electron chi connectivity index (χ1n) is 9.97. The van der Waals surface area contributed by atoms with E-state index in [0.29, 0.717) is 30.7 Å². The van der Waals surface area contributed by atoms with E-state index in [1.54, 1.807) is 18.2 Å². The van der Waals surface area contributed by atoms with E-state index < -0.39 is 5.82 Å². The fourth-order valence-electron chi connectivity index (χ4n) is 2.94. The van der Waals surface area contributed by atoms with Crippen molar-refractivity contribution in [2.45, 2.75) is 10.9 Å². The number of carbonyl (C=O) groups excluding carboxylic acids is 2. The van der Waals surface area contributed by atoms with E-state index in [9.17, 15) is 14.0 Å². The van der Waals surface area contributed by atoms with Gasteiger partial charge in [0.05, 0.1) is 34.1 Å². The number of methoxy groups -OCH3 is 1. The highest BCUT2D eigenvalue weighted by atomic mass is 35.5. The quantitative estimate of drug-likeness (QED) is 0.116. The summed E-state index contributed by atoms with van der Waals surface area (Å²) in [7, 11) is 1.30. The third-order valence-electron chi connectivity index (χ3n) is 4.60. The van der Waals surface area contributed by atoms with Gasteiger partial charge in [-0.15, -0.1) is 0 Å². The molecule has 0 radical (unpaired) electrons. The van der Waals surface area contributed by atoms with Gasteiger partial charge in [-0.1, -0.05) is 46.3 Å². The lowest BCUT2D eigenvalue weighted by Crippen LogP contribution is -2.19. The Morgan fingerprint density at radius 1 is 1.22 bits per heavy atom. The summed E-state index contributed by atoms with van der Waals surface area (Å²) in [6, 6.07) is 7.48. The Hall–Kier alpha value is -2.84. The number of nitrogens with one attached hydrogen (secondary N) is 2. The second-order valence-corrected chi connectivity index (χ2v) is 10.7. The lowest BCUT2D eigenvalue weighted by molar-refractivity contribution is -0.137. The minimum atomic E-state index is -0.607. The predicted molar refractivity (Wildman–Crippen MR) is 142 cm³/mol. The van der Waals surface area contributed by atoms with Crippen molar-refractivity contribution in [1.29, 1.82) is 0 Å². The summed E-state index contributed by atoms with van der Waals surface area (Å²) in [5.74, 6) is -0.970. The number of ether oxygens (including phenoxy) is 1. The smallest absolute Gasteiger partial charge is 0.316 e. The number of halogens is 3. The van der Waals surface area contributed by atoms with Crippen LogP contribution in [0.25, 0.3) is 10.9 Å². The van der Waals surface area contributed by atoms with Gasteiger partial charge in [-0.05, 0) is 42.5 Å². The second kappa shape index (κ2) is 11.5. The molecule has 2 aromatic heterocycles. The minimum Gasteiger partial charge on any atom is -0.468 e. The molecule has 0 saturated heterocycles. The van der Waals surface area contributed by atoms with E-state index in [2.05, 4.69) is 30.4 Å². The SMILES string of the molecule is COC(=O)CSc1nn(CC(=O)Nc2ccc3ncnc(Nc4cc(Cl)c(Cl)cc4F)c3c2)c(=S)s1. The number of rotatable bonds is 8. The van der Waals surface area contributed by atoms with Crippen LogP contribution in [0.1, 0.15) is 0 Å². The molecule has 0 spiro atoms. The number of fused-ring (bicyclic) bond motifs is 1. The first-order chi connectivity index (χ1) is 17.2. The van der Waals surface area contributed by atoms with Gasteiger partial charge in [0.25, 0.3) is 0 Å². The normalized spacial score (nSPS) is 10.9. The van der Waals surface area contributed by atoms with Crippen LogP contribution in [0.5, 0.6) is 0 Å². The Morgan fingerprint density at radius 3 is 2.78 bits per heavy atom. The average molecular weight is 585 g/mol. The van der Waals surface area contributed by atoms with Crippen molar-refractivity contribution >= 4 is 98.5 Å². The van der Waals surface area contributed by atoms with Gasteiger partial charge >= 0.3 is 5.97 Å². The zero-order valence-corrected chi connectivity index (χ0v) is 22.2. The first kappa shape index (κ1) is 26.2. The van der Waals surface area contributed by atoms with E-state index in [4.69, 9.17) is 35.4 Å². The summed E-state index contributed by atoms with van der Waals surface area (Å²) < 4.78 is 21.3. The monoisotopic (exact) mass is 584 g/mol. The molecule has 0 bridgehead atoms. The molecule has 0 unspecified atom stereocenters. The molecule has 0 saturated carbocycles. The van der Waals surface area contributed by atoms with Crippen LogP contribution in [0.15, 0.2) is 41.0 Å². The fourth-order valence-corrected chi connectivity index (χ4v) is 5.42. The van der Waals surface area contributed by atoms with E-state index >= 15 is 0 Å². The molecule has 36 heavy (non-hydrogen) atoms. The first-order valence-corrected chi connectivity index (χ1v) is 12.9. The van der Waals surface area contributed by atoms with Crippen molar-refractivity contribution in [1.82, 2.24) is 19.7 Å². The molecule has 2 heterocycles. The van der Waals surface area contributed by atoms with E-state index in [1.165, 1.54) is 47.3 Å². The second-order valence-electron chi connectivity index (χ2n) is 7.03. The minimum absolute atomic E-state index is 0.0811. The molecule has 0 atom stereocenters. The average Bonchev–Trinajstić information content (AvgIpc) is 3.19. The standard InChI is InChI=1S/C21H15Cl2FN6O3S3/c1-33-18(32)8-35-20-29-30(21(34)36-20)7-17(31)27-10-2-3-15-11(4-10)19(26-9-25-15)28-16-6-13(23)12(22)5-14(16)24/h2-6,9H,7-8H2,1H3,(H,27,31)(H,25,26,28). The number of amides is 1. The van der Waals surface area contributed by atoms with Crippen LogP contribution >= 0.6 is 58.5 Å². The summed E-state index contributed by atoms with van der Waals surface area (Å²) in [4.78, 5) is 32.4. The van der Waals surface area contributed by atoms with Crippen molar-refractivity contribution in [3.05, 3.63) is 56.5 Å². The molecule has 2 N–H and O–H groups in total. The summed E-state index contributed by atoms with van der Waals surface area (Å²) in [6.45, 7) is -0.128. The number of thioether (sulfide) groups is 1. The zero-order valence-electron chi connectivity index (χ0n) is 18.3. The van der Waals surface area contributed by atoms with E-state index in [0.717, 1.165) is 6.07 Å². The third kappa shape index (κ3) is 6.28. The fraction of sp³-hybridized carbons (Fsp3) is 0.143. The van der Waals surface area contributed by atoms with Crippen LogP contribution in [-0.4, -0.2) is 44.5 Å². The molecule has 1 amide bonds. The predicted octanol–water partition coefficient (Wildman–Crippen LogP) is 5.71. The van der Waals surface area contributed by atoms with Crippen molar-refractivity contribution in [3.8, 4) is 0 Å². The van der Waals surface area contributed by atoms with Gasteiger partial charge in [0, 0.05) is 11.1 Å². The molecule has 0 fully saturated rings. The molecule has 2 aromatic carbocycles. The number of benzene rings is 2. The molecule has 9 nitrogen and oxygen atoms in total. The van der Waals surface area contributed by atoms with Gasteiger partial charge in [-0.25, -0.2) is 19.0 Å². The summed E-state index contributed by atoms with van der Waals surface area (Å²) >= 11 is 19.5. The highest BCUT2D eigenvalue weighted by Gasteiger charge is 2.14. The van der Waals surface area contributed by atoms with Crippen LogP contribution in [-0.2, 0) is 20.9 Å². The Balaban J connectivity index is 1.51. The third-order valence-corrected chi connectivity index (χ3v) is 7.74. The molecular formula is C21H15Cl2FN6O3S3. The molecular weight excluding hydrogens is 570 g/mol. The Morgan fingerprint density at radius 2 is 2.00 bits per heavy atom. The van der Waals surface area contributed by atoms with Gasteiger partial charge in [0.1, 0.15) is 24.5 Å². The van der Waals surface area contributed by atoms with E-state index in [-0.39, 0.29) is 39.9 Å². The van der Waals surface area contributed by atoms with Crippen LogP contribution in [0.4, 0.5) is 21.6 Å². The maximum atomic E-state index is 14.4. The topological polar surface area (TPSA) is 111 Å². The van der Waals surface area contributed by atoms with E-state index in [1.807, 2.05) is 0 Å². The number of carbonyl (C=O) groups is 2. The maximum Gasteiger partial charge on any atom is 0.316 e. The molecule has 0 aliphatic rings. The van der Waals surface area contributed by atoms with Gasteiger partial charge in [0.2, 0.25) is 5.91 Å². The van der Waals surface area contributed by atoms with Crippen molar-refractivity contribution in [2.24, 2.45) is 0 Å². The summed E-state index contributed by atoms with van der Waals surface area (Å²) in [5.41, 5.74) is 1.11. The Labute approximate surface area is 227 Å². The molecule has 4 aromatic rings. The summed E-state index contributed by atoms with van der Waals surface area (Å²) in [5, 5.41) is 10.7. The van der Waals surface area contributed by atoms with Crippen molar-refractivity contribution in [3.63, 3.8) is 0 Å². The Bertz CT molecular complexity index is 1530. The van der Waals surface area contributed by atoms with Gasteiger partial charge in [-0.3, -0.25) is 9.59 Å². The number of aromatic nitrogens is 4. The molecule has 0 aliphatic carbocycles. The van der Waals surface area contributed by atoms with Crippen molar-refractivity contribution < 1.29 is 18.7 Å². The molecule has 186 valence electrons. The number of nitrogens with zero attached hydrogens (tertiary/aromatic N) is 4. The van der Waals surface area contributed by atoms with Crippen LogP contribution < -0.4 is 10.6 Å². The van der Waals surface area contributed by atoms with Gasteiger partial charge in [-0.2, -0.15) is 5.10 Å². The number of anilines is 3. The molecule has 4 rings (SSSR count). The largest absolute Gasteiger partial charge is 0.468 e. The van der Waals surface area contributed by atoms with Gasteiger partial charge < -0.3 is 15.4 Å². The lowest BCUT2D eigenvalue weighted by Gasteiger charge is -2.12. The highest BCUT2D eigenvalue weighted by Crippen LogP contribution is 2.32. The number of esters is 1. The van der Waals surface area contributed by atoms with Gasteiger partial charge in [0.15, 0.2) is 8.29 Å². The summed E-state index contributed by atoms with van der Waals surface area (Å²) in [6.07, 6.45) is 1.33.